The van der Waals surface area contributed by atoms with Crippen molar-refractivity contribution in [3.63, 3.8) is 0 Å². The van der Waals surface area contributed by atoms with Gasteiger partial charge in [0.1, 0.15) is 0 Å². The molecule has 6 heteroatoms. The van der Waals surface area contributed by atoms with E-state index in [1.165, 1.54) is 0 Å². The van der Waals surface area contributed by atoms with Crippen molar-refractivity contribution in [1.29, 1.82) is 0 Å². The maximum atomic E-state index is 12.0. The van der Waals surface area contributed by atoms with E-state index in [2.05, 4.69) is 59.3 Å². The first-order valence-electron chi connectivity index (χ1n) is 11.0. The number of fused-ring (bicyclic) bond motifs is 1. The van der Waals surface area contributed by atoms with Crippen molar-refractivity contribution in [1.82, 2.24) is 14.8 Å². The van der Waals surface area contributed by atoms with Crippen molar-refractivity contribution in [2.75, 3.05) is 13.1 Å². The highest BCUT2D eigenvalue weighted by atomic mass is 16.3. The van der Waals surface area contributed by atoms with Gasteiger partial charge in [-0.3, -0.25) is 9.69 Å². The molecule has 1 aromatic heterocycles. The summed E-state index contributed by atoms with van der Waals surface area (Å²) in [6.45, 7) is 2.24. The zero-order valence-corrected chi connectivity index (χ0v) is 18.4. The number of imide groups is 1. The molecule has 2 N–H and O–H groups in total. The predicted molar refractivity (Wildman–Crippen MR) is 129 cm³/mol. The largest absolute Gasteiger partial charge is 0.389 e. The third-order valence-electron chi connectivity index (χ3n) is 6.05. The number of nitrogens with zero attached hydrogens (tertiary/aromatic N) is 2. The van der Waals surface area contributed by atoms with Gasteiger partial charge in [0.2, 0.25) is 5.91 Å². The molecular weight excluding hydrogens is 414 g/mol. The maximum Gasteiger partial charge on any atom is 0.324 e. The predicted octanol–water partition coefficient (Wildman–Crippen LogP) is 4.20. The van der Waals surface area contributed by atoms with Gasteiger partial charge in [-0.1, -0.05) is 72.3 Å². The zero-order chi connectivity index (χ0) is 22.9. The van der Waals surface area contributed by atoms with E-state index in [1.54, 1.807) is 0 Å². The number of amides is 3. The van der Waals surface area contributed by atoms with Crippen molar-refractivity contribution in [3.05, 3.63) is 84.4 Å². The van der Waals surface area contributed by atoms with E-state index in [-0.39, 0.29) is 25.5 Å². The lowest BCUT2D eigenvalue weighted by Gasteiger charge is -2.20. The lowest BCUT2D eigenvalue weighted by atomic mass is 9.98. The SMILES string of the molecule is Cc1ccc2c(c1)c(-c1ccccc1)c(-c1ccccc1)n2C[C@@H](O)CN1C(=O)CNC1=O. The number of hydrogen-bond acceptors (Lipinski definition) is 3. The fourth-order valence-electron chi connectivity index (χ4n) is 4.57. The van der Waals surface area contributed by atoms with E-state index in [0.717, 1.165) is 43.8 Å². The lowest BCUT2D eigenvalue weighted by molar-refractivity contribution is -0.126. The van der Waals surface area contributed by atoms with Gasteiger partial charge in [-0.2, -0.15) is 0 Å². The first kappa shape index (κ1) is 21.0. The molecule has 3 aromatic carbocycles. The molecule has 166 valence electrons. The summed E-state index contributed by atoms with van der Waals surface area (Å²) in [7, 11) is 0. The Kier molecular flexibility index (Phi) is 5.44. The Labute approximate surface area is 192 Å². The number of aromatic nitrogens is 1. The minimum absolute atomic E-state index is 0.0231. The maximum absolute atomic E-state index is 12.0. The van der Waals surface area contributed by atoms with Gasteiger partial charge in [-0.05, 0) is 30.2 Å². The van der Waals surface area contributed by atoms with Crippen molar-refractivity contribution >= 4 is 22.8 Å². The van der Waals surface area contributed by atoms with Crippen molar-refractivity contribution in [2.45, 2.75) is 19.6 Å². The third-order valence-corrected chi connectivity index (χ3v) is 6.05. The van der Waals surface area contributed by atoms with E-state index in [9.17, 15) is 14.7 Å². The van der Waals surface area contributed by atoms with Crippen LogP contribution in [-0.2, 0) is 11.3 Å². The Morgan fingerprint density at radius 1 is 0.909 bits per heavy atom. The molecule has 0 unspecified atom stereocenters. The van der Waals surface area contributed by atoms with Crippen LogP contribution in [0.2, 0.25) is 0 Å². The van der Waals surface area contributed by atoms with Crippen molar-refractivity contribution in [3.8, 4) is 22.4 Å². The van der Waals surface area contributed by atoms with Crippen LogP contribution in [0.4, 0.5) is 4.79 Å². The van der Waals surface area contributed by atoms with Crippen molar-refractivity contribution in [2.24, 2.45) is 0 Å². The van der Waals surface area contributed by atoms with Crippen LogP contribution in [0.3, 0.4) is 0 Å². The van der Waals surface area contributed by atoms with E-state index in [4.69, 9.17) is 0 Å². The number of aliphatic hydroxyl groups is 1. The molecule has 5 rings (SSSR count). The molecule has 1 aliphatic heterocycles. The molecular formula is C27H25N3O3. The van der Waals surface area contributed by atoms with Crippen LogP contribution < -0.4 is 5.32 Å². The van der Waals surface area contributed by atoms with Gasteiger partial charge in [0, 0.05) is 16.5 Å². The Balaban J connectivity index is 1.68. The standard InChI is InChI=1S/C27H25N3O3/c1-18-12-13-23-22(14-18)25(19-8-4-2-5-9-19)26(20-10-6-3-7-11-20)29(23)16-21(31)17-30-24(32)15-28-27(30)33/h2-14,21,31H,15-17H2,1H3,(H,28,33)/t21-/m1/s1. The number of rotatable bonds is 6. The van der Waals surface area contributed by atoms with E-state index < -0.39 is 12.1 Å². The Bertz CT molecular complexity index is 1310. The second kappa shape index (κ2) is 8.56. The lowest BCUT2D eigenvalue weighted by Crippen LogP contribution is -2.39. The molecule has 1 aliphatic rings. The highest BCUT2D eigenvalue weighted by Gasteiger charge is 2.31. The number of hydrogen-bond donors (Lipinski definition) is 2. The molecule has 33 heavy (non-hydrogen) atoms. The summed E-state index contributed by atoms with van der Waals surface area (Å²) in [5, 5.41) is 14.6. The second-order valence-electron chi connectivity index (χ2n) is 8.40. The fraction of sp³-hybridized carbons (Fsp3) is 0.185. The molecule has 0 aliphatic carbocycles. The fourth-order valence-corrected chi connectivity index (χ4v) is 4.57. The molecule has 1 saturated heterocycles. The quantitative estimate of drug-likeness (QED) is 0.442. The number of carbonyl (C=O) groups is 2. The summed E-state index contributed by atoms with van der Waals surface area (Å²) in [5.41, 5.74) is 6.37. The highest BCUT2D eigenvalue weighted by molar-refractivity contribution is 6.05. The average Bonchev–Trinajstić information content (AvgIpc) is 3.31. The van der Waals surface area contributed by atoms with Crippen LogP contribution in [0.1, 0.15) is 5.56 Å². The van der Waals surface area contributed by atoms with Gasteiger partial charge in [0.15, 0.2) is 0 Å². The monoisotopic (exact) mass is 439 g/mol. The first-order chi connectivity index (χ1) is 16.0. The van der Waals surface area contributed by atoms with E-state index in [1.807, 2.05) is 36.4 Å². The van der Waals surface area contributed by atoms with Crippen LogP contribution in [0.25, 0.3) is 33.3 Å². The summed E-state index contributed by atoms with van der Waals surface area (Å²) in [6, 6.07) is 26.2. The van der Waals surface area contributed by atoms with Crippen LogP contribution in [0, 0.1) is 6.92 Å². The van der Waals surface area contributed by atoms with Crippen LogP contribution in [0.5, 0.6) is 0 Å². The summed E-state index contributed by atoms with van der Waals surface area (Å²) in [6.07, 6.45) is -0.916. The number of carbonyl (C=O) groups excluding carboxylic acids is 2. The molecule has 2 heterocycles. The highest BCUT2D eigenvalue weighted by Crippen LogP contribution is 2.41. The van der Waals surface area contributed by atoms with Crippen molar-refractivity contribution < 1.29 is 14.7 Å². The summed E-state index contributed by atoms with van der Waals surface area (Å²) >= 11 is 0. The van der Waals surface area contributed by atoms with Gasteiger partial charge in [0.25, 0.3) is 0 Å². The van der Waals surface area contributed by atoms with Gasteiger partial charge in [0.05, 0.1) is 31.4 Å². The molecule has 1 fully saturated rings. The third kappa shape index (κ3) is 3.90. The van der Waals surface area contributed by atoms with Gasteiger partial charge >= 0.3 is 6.03 Å². The number of urea groups is 1. The Morgan fingerprint density at radius 3 is 2.21 bits per heavy atom. The number of benzene rings is 3. The number of nitrogens with one attached hydrogen (secondary N) is 1. The average molecular weight is 440 g/mol. The van der Waals surface area contributed by atoms with Crippen LogP contribution in [0.15, 0.2) is 78.9 Å². The van der Waals surface area contributed by atoms with Gasteiger partial charge in [-0.25, -0.2) is 4.79 Å². The van der Waals surface area contributed by atoms with Gasteiger partial charge < -0.3 is 15.0 Å². The molecule has 0 bridgehead atoms. The normalized spacial score (nSPS) is 14.7. The minimum atomic E-state index is -0.916. The second-order valence-corrected chi connectivity index (χ2v) is 8.40. The smallest absolute Gasteiger partial charge is 0.324 e. The molecule has 0 radical (unpaired) electrons. The van der Waals surface area contributed by atoms with E-state index in [0.29, 0.717) is 0 Å². The summed E-state index contributed by atoms with van der Waals surface area (Å²) in [4.78, 5) is 25.1. The minimum Gasteiger partial charge on any atom is -0.389 e. The van der Waals surface area contributed by atoms with Gasteiger partial charge in [-0.15, -0.1) is 0 Å². The van der Waals surface area contributed by atoms with E-state index >= 15 is 0 Å². The molecule has 3 amide bonds. The molecule has 4 aromatic rings. The number of aliphatic hydroxyl groups excluding tert-OH is 1. The summed E-state index contributed by atoms with van der Waals surface area (Å²) < 4.78 is 2.11. The number of aryl methyl sites for hydroxylation is 1. The summed E-state index contributed by atoms with van der Waals surface area (Å²) in [5.74, 6) is -0.319. The zero-order valence-electron chi connectivity index (χ0n) is 18.4. The molecule has 1 atom stereocenters. The topological polar surface area (TPSA) is 74.6 Å². The Hall–Kier alpha value is -3.90. The molecule has 0 spiro atoms. The van der Waals surface area contributed by atoms with Crippen LogP contribution in [-0.4, -0.2) is 45.7 Å². The number of β-amino-alcohol motifs (C(OH)–C–C–N with tert-alkyl or cyclic N) is 1. The first-order valence-corrected chi connectivity index (χ1v) is 11.0. The molecule has 0 saturated carbocycles. The van der Waals surface area contributed by atoms with Crippen LogP contribution >= 0.6 is 0 Å². The molecule has 6 nitrogen and oxygen atoms in total. The Morgan fingerprint density at radius 2 is 1.58 bits per heavy atom.